The maximum Gasteiger partial charge on any atom is 0.248 e. The van der Waals surface area contributed by atoms with Crippen LogP contribution in [-0.2, 0) is 4.79 Å². The van der Waals surface area contributed by atoms with Gasteiger partial charge in [0, 0.05) is 18.3 Å². The van der Waals surface area contributed by atoms with Crippen LogP contribution < -0.4 is 5.32 Å². The van der Waals surface area contributed by atoms with Crippen LogP contribution in [-0.4, -0.2) is 31.4 Å². The molecule has 0 heterocycles. The van der Waals surface area contributed by atoms with Gasteiger partial charge in [-0.1, -0.05) is 38.1 Å². The second-order valence-corrected chi connectivity index (χ2v) is 4.90. The van der Waals surface area contributed by atoms with Crippen molar-refractivity contribution in [3.63, 3.8) is 0 Å². The van der Waals surface area contributed by atoms with Gasteiger partial charge in [0.05, 0.1) is 0 Å². The summed E-state index contributed by atoms with van der Waals surface area (Å²) in [6.07, 6.45) is 3.43. The molecule has 0 aromatic heterocycles. The van der Waals surface area contributed by atoms with Crippen LogP contribution in [0.2, 0.25) is 0 Å². The molecule has 98 valence electrons. The van der Waals surface area contributed by atoms with Gasteiger partial charge in [-0.3, -0.25) is 4.79 Å². The van der Waals surface area contributed by atoms with Crippen LogP contribution in [0.5, 0.6) is 0 Å². The molecule has 1 rings (SSSR count). The number of likely N-dealkylation sites (N-methyl/N-ethyl adjacent to an activating group) is 1. The molecular formula is C15H22N2O. The Labute approximate surface area is 109 Å². The first-order valence-electron chi connectivity index (χ1n) is 6.22. The lowest BCUT2D eigenvalue weighted by molar-refractivity contribution is -0.111. The van der Waals surface area contributed by atoms with Crippen molar-refractivity contribution < 1.29 is 4.79 Å². The molecule has 3 nitrogen and oxygen atoms in total. The van der Waals surface area contributed by atoms with E-state index in [1.807, 2.05) is 49.3 Å². The van der Waals surface area contributed by atoms with E-state index in [9.17, 15) is 4.79 Å². The third-order valence-electron chi connectivity index (χ3n) is 2.58. The fraction of sp³-hybridized carbons (Fsp3) is 0.400. The van der Waals surface area contributed by atoms with E-state index >= 15 is 0 Å². The monoisotopic (exact) mass is 246 g/mol. The van der Waals surface area contributed by atoms with Gasteiger partial charge < -0.3 is 10.2 Å². The molecule has 0 aliphatic rings. The van der Waals surface area contributed by atoms with Crippen LogP contribution >= 0.6 is 0 Å². The number of anilines is 1. The minimum absolute atomic E-state index is 0.0787. The third kappa shape index (κ3) is 4.72. The summed E-state index contributed by atoms with van der Waals surface area (Å²) in [6, 6.07) is 7.91. The van der Waals surface area contributed by atoms with Crippen molar-refractivity contribution in [1.82, 2.24) is 4.90 Å². The lowest BCUT2D eigenvalue weighted by atomic mass is 10.0. The minimum atomic E-state index is -0.0787. The summed E-state index contributed by atoms with van der Waals surface area (Å²) >= 11 is 0. The highest BCUT2D eigenvalue weighted by Crippen LogP contribution is 2.23. The number of nitrogens with one attached hydrogen (secondary N) is 1. The van der Waals surface area contributed by atoms with Gasteiger partial charge in [0.2, 0.25) is 5.91 Å². The average Bonchev–Trinajstić information content (AvgIpc) is 2.28. The van der Waals surface area contributed by atoms with Crippen molar-refractivity contribution in [2.75, 3.05) is 26.0 Å². The quantitative estimate of drug-likeness (QED) is 0.810. The van der Waals surface area contributed by atoms with Gasteiger partial charge in [0.1, 0.15) is 0 Å². The van der Waals surface area contributed by atoms with Gasteiger partial charge in [0.25, 0.3) is 0 Å². The van der Waals surface area contributed by atoms with Gasteiger partial charge in [-0.25, -0.2) is 0 Å². The van der Waals surface area contributed by atoms with Gasteiger partial charge in [-0.05, 0) is 31.6 Å². The SMILES string of the molecule is CC(C)c1ccccc1NC(=O)/C=C/CN(C)C. The Balaban J connectivity index is 2.67. The number of benzene rings is 1. The van der Waals surface area contributed by atoms with Crippen molar-refractivity contribution in [3.8, 4) is 0 Å². The molecule has 0 aliphatic heterocycles. The Bertz CT molecular complexity index is 422. The molecule has 0 saturated carbocycles. The third-order valence-corrected chi connectivity index (χ3v) is 2.58. The first-order chi connectivity index (χ1) is 8.50. The Morgan fingerprint density at radius 1 is 1.33 bits per heavy atom. The number of para-hydroxylation sites is 1. The largest absolute Gasteiger partial charge is 0.322 e. The normalized spacial score (nSPS) is 11.4. The van der Waals surface area contributed by atoms with Crippen molar-refractivity contribution >= 4 is 11.6 Å². The summed E-state index contributed by atoms with van der Waals surface area (Å²) in [6.45, 7) is 5.00. The summed E-state index contributed by atoms with van der Waals surface area (Å²) in [5.41, 5.74) is 2.05. The Hall–Kier alpha value is -1.61. The zero-order valence-electron chi connectivity index (χ0n) is 11.6. The maximum atomic E-state index is 11.8. The first-order valence-corrected chi connectivity index (χ1v) is 6.22. The van der Waals surface area contributed by atoms with E-state index < -0.39 is 0 Å². The molecule has 0 radical (unpaired) electrons. The average molecular weight is 246 g/mol. The van der Waals surface area contributed by atoms with E-state index in [1.54, 1.807) is 6.08 Å². The highest BCUT2D eigenvalue weighted by molar-refractivity contribution is 5.99. The first kappa shape index (κ1) is 14.5. The molecule has 0 spiro atoms. The van der Waals surface area contributed by atoms with Gasteiger partial charge in [-0.15, -0.1) is 0 Å². The van der Waals surface area contributed by atoms with Crippen LogP contribution in [0.3, 0.4) is 0 Å². The Morgan fingerprint density at radius 2 is 2.00 bits per heavy atom. The van der Waals surface area contributed by atoms with E-state index in [2.05, 4.69) is 19.2 Å². The van der Waals surface area contributed by atoms with Crippen molar-refractivity contribution in [1.29, 1.82) is 0 Å². The Morgan fingerprint density at radius 3 is 2.61 bits per heavy atom. The van der Waals surface area contributed by atoms with Crippen LogP contribution in [0.25, 0.3) is 0 Å². The number of nitrogens with zero attached hydrogens (tertiary/aromatic N) is 1. The van der Waals surface area contributed by atoms with Crippen LogP contribution in [0.15, 0.2) is 36.4 Å². The molecule has 1 aromatic rings. The number of carbonyl (C=O) groups excluding carboxylic acids is 1. The van der Waals surface area contributed by atoms with Gasteiger partial charge in [0.15, 0.2) is 0 Å². The van der Waals surface area contributed by atoms with Crippen molar-refractivity contribution in [3.05, 3.63) is 42.0 Å². The molecule has 1 amide bonds. The van der Waals surface area contributed by atoms with E-state index in [0.717, 1.165) is 17.8 Å². The minimum Gasteiger partial charge on any atom is -0.322 e. The zero-order chi connectivity index (χ0) is 13.5. The van der Waals surface area contributed by atoms with Gasteiger partial charge in [-0.2, -0.15) is 0 Å². The number of amides is 1. The predicted molar refractivity (Wildman–Crippen MR) is 76.9 cm³/mol. The summed E-state index contributed by atoms with van der Waals surface area (Å²) in [5, 5.41) is 2.92. The fourth-order valence-electron chi connectivity index (χ4n) is 1.66. The summed E-state index contributed by atoms with van der Waals surface area (Å²) in [4.78, 5) is 13.8. The van der Waals surface area contributed by atoms with Crippen LogP contribution in [0.1, 0.15) is 25.3 Å². The summed E-state index contributed by atoms with van der Waals surface area (Å²) in [7, 11) is 3.94. The van der Waals surface area contributed by atoms with Crippen molar-refractivity contribution in [2.45, 2.75) is 19.8 Å². The van der Waals surface area contributed by atoms with E-state index in [4.69, 9.17) is 0 Å². The number of carbonyl (C=O) groups is 1. The molecule has 18 heavy (non-hydrogen) atoms. The molecular weight excluding hydrogens is 224 g/mol. The molecule has 3 heteroatoms. The predicted octanol–water partition coefficient (Wildman–Crippen LogP) is 2.87. The molecule has 0 fully saturated rings. The summed E-state index contributed by atoms with van der Waals surface area (Å²) in [5.74, 6) is 0.317. The highest BCUT2D eigenvalue weighted by Gasteiger charge is 2.06. The highest BCUT2D eigenvalue weighted by atomic mass is 16.1. The molecule has 0 bridgehead atoms. The molecule has 0 atom stereocenters. The maximum absolute atomic E-state index is 11.8. The Kier molecular flexibility index (Phi) is 5.59. The topological polar surface area (TPSA) is 32.3 Å². The van der Waals surface area contributed by atoms with Gasteiger partial charge >= 0.3 is 0 Å². The molecule has 0 saturated heterocycles. The molecule has 1 N–H and O–H groups in total. The number of rotatable bonds is 5. The summed E-state index contributed by atoms with van der Waals surface area (Å²) < 4.78 is 0. The smallest absolute Gasteiger partial charge is 0.248 e. The van der Waals surface area contributed by atoms with Crippen LogP contribution in [0.4, 0.5) is 5.69 Å². The zero-order valence-corrected chi connectivity index (χ0v) is 11.6. The second-order valence-electron chi connectivity index (χ2n) is 4.90. The fourth-order valence-corrected chi connectivity index (χ4v) is 1.66. The van der Waals surface area contributed by atoms with E-state index in [-0.39, 0.29) is 5.91 Å². The lowest BCUT2D eigenvalue weighted by Crippen LogP contribution is -2.13. The van der Waals surface area contributed by atoms with Crippen molar-refractivity contribution in [2.24, 2.45) is 0 Å². The standard InChI is InChI=1S/C15H22N2O/c1-12(2)13-8-5-6-9-14(13)16-15(18)10-7-11-17(3)4/h5-10,12H,11H2,1-4H3,(H,16,18)/b10-7+. The molecule has 0 unspecified atom stereocenters. The molecule has 1 aromatic carbocycles. The lowest BCUT2D eigenvalue weighted by Gasteiger charge is -2.12. The number of hydrogen-bond donors (Lipinski definition) is 1. The van der Waals surface area contributed by atoms with E-state index in [0.29, 0.717) is 5.92 Å². The second kappa shape index (κ2) is 6.97. The molecule has 0 aliphatic carbocycles. The van der Waals surface area contributed by atoms with Crippen LogP contribution in [0, 0.1) is 0 Å². The number of hydrogen-bond acceptors (Lipinski definition) is 2. The van der Waals surface area contributed by atoms with E-state index in [1.165, 1.54) is 0 Å².